The zero-order valence-corrected chi connectivity index (χ0v) is 11.7. The van der Waals surface area contributed by atoms with Gasteiger partial charge in [-0.25, -0.2) is 0 Å². The topological polar surface area (TPSA) is 60.7 Å². The van der Waals surface area contributed by atoms with Gasteiger partial charge in [0.05, 0.1) is 12.2 Å². The molecule has 7 atom stereocenters. The molecular weight excluding hydrogens is 228 g/mol. The summed E-state index contributed by atoms with van der Waals surface area (Å²) in [4.78, 5) is 0. The lowest BCUT2D eigenvalue weighted by Crippen LogP contribution is -2.49. The molecule has 0 radical (unpaired) electrons. The van der Waals surface area contributed by atoms with E-state index in [0.717, 1.165) is 19.3 Å². The highest BCUT2D eigenvalue weighted by Gasteiger charge is 2.74. The van der Waals surface area contributed by atoms with Crippen LogP contribution in [0.1, 0.15) is 46.5 Å². The molecule has 3 saturated carbocycles. The molecule has 0 amide bonds. The smallest absolute Gasteiger partial charge is 0.0638 e. The maximum Gasteiger partial charge on any atom is 0.0638 e. The van der Waals surface area contributed by atoms with Crippen molar-refractivity contribution in [3.63, 3.8) is 0 Å². The Morgan fingerprint density at radius 1 is 1.00 bits per heavy atom. The van der Waals surface area contributed by atoms with Gasteiger partial charge in [0.1, 0.15) is 0 Å². The lowest BCUT2D eigenvalue weighted by molar-refractivity contribution is -0.102. The van der Waals surface area contributed by atoms with Crippen molar-refractivity contribution in [1.82, 2.24) is 0 Å². The SMILES string of the molecule is C[C@]1(CO)CCC[C@@]2(C)[C@@H]3[C@H]1[C@@H](O)[C@]2(C)C[C@H]3O. The number of hydrogen-bond acceptors (Lipinski definition) is 3. The van der Waals surface area contributed by atoms with Crippen LogP contribution in [0.5, 0.6) is 0 Å². The molecule has 3 nitrogen and oxygen atoms in total. The minimum absolute atomic E-state index is 0.0312. The molecule has 3 aliphatic carbocycles. The summed E-state index contributed by atoms with van der Waals surface area (Å²) in [5.74, 6) is 0.195. The summed E-state index contributed by atoms with van der Waals surface area (Å²) in [6.07, 6.45) is 3.14. The van der Waals surface area contributed by atoms with Crippen molar-refractivity contribution in [2.45, 2.75) is 58.7 Å². The summed E-state index contributed by atoms with van der Waals surface area (Å²) in [6.45, 7) is 6.59. The zero-order valence-electron chi connectivity index (χ0n) is 11.7. The lowest BCUT2D eigenvalue weighted by atomic mass is 9.62. The van der Waals surface area contributed by atoms with Crippen molar-refractivity contribution in [3.05, 3.63) is 0 Å². The monoisotopic (exact) mass is 254 g/mol. The van der Waals surface area contributed by atoms with Crippen LogP contribution in [0.2, 0.25) is 0 Å². The van der Waals surface area contributed by atoms with Crippen molar-refractivity contribution in [2.24, 2.45) is 28.1 Å². The molecule has 0 aromatic rings. The molecule has 0 heterocycles. The molecule has 3 N–H and O–H groups in total. The van der Waals surface area contributed by atoms with Crippen LogP contribution in [-0.4, -0.2) is 34.1 Å². The fraction of sp³-hybridized carbons (Fsp3) is 1.00. The molecule has 4 bridgehead atoms. The summed E-state index contributed by atoms with van der Waals surface area (Å²) in [5, 5.41) is 31.0. The highest BCUT2D eigenvalue weighted by atomic mass is 16.3. The molecule has 3 aliphatic rings. The fourth-order valence-corrected chi connectivity index (χ4v) is 5.76. The average molecular weight is 254 g/mol. The molecule has 0 aliphatic heterocycles. The Morgan fingerprint density at radius 3 is 2.28 bits per heavy atom. The second kappa shape index (κ2) is 3.50. The van der Waals surface area contributed by atoms with E-state index < -0.39 is 0 Å². The first-order valence-electron chi connectivity index (χ1n) is 7.27. The van der Waals surface area contributed by atoms with Gasteiger partial charge in [0.25, 0.3) is 0 Å². The van der Waals surface area contributed by atoms with Crippen molar-refractivity contribution < 1.29 is 15.3 Å². The van der Waals surface area contributed by atoms with Gasteiger partial charge in [0.15, 0.2) is 0 Å². The molecule has 3 fully saturated rings. The first kappa shape index (κ1) is 12.9. The van der Waals surface area contributed by atoms with Gasteiger partial charge in [0.2, 0.25) is 0 Å². The molecule has 0 unspecified atom stereocenters. The van der Waals surface area contributed by atoms with Crippen LogP contribution in [0, 0.1) is 28.1 Å². The molecule has 3 heteroatoms. The number of rotatable bonds is 1. The Hall–Kier alpha value is -0.120. The molecule has 0 saturated heterocycles. The van der Waals surface area contributed by atoms with Crippen LogP contribution in [0.25, 0.3) is 0 Å². The Morgan fingerprint density at radius 2 is 1.67 bits per heavy atom. The summed E-state index contributed by atoms with van der Waals surface area (Å²) < 4.78 is 0. The van der Waals surface area contributed by atoms with E-state index >= 15 is 0 Å². The Balaban J connectivity index is 2.14. The molecule has 0 aromatic heterocycles. The van der Waals surface area contributed by atoms with Crippen molar-refractivity contribution in [3.8, 4) is 0 Å². The van der Waals surface area contributed by atoms with Crippen molar-refractivity contribution in [2.75, 3.05) is 6.61 Å². The normalized spacial score (nSPS) is 63.0. The van der Waals surface area contributed by atoms with Crippen LogP contribution < -0.4 is 0 Å². The highest BCUT2D eigenvalue weighted by Crippen LogP contribution is 2.73. The Kier molecular flexibility index (Phi) is 2.51. The second-order valence-electron chi connectivity index (χ2n) is 7.77. The molecule has 3 rings (SSSR count). The minimum atomic E-state index is -0.381. The van der Waals surface area contributed by atoms with Gasteiger partial charge in [-0.3, -0.25) is 0 Å². The quantitative estimate of drug-likeness (QED) is 0.665. The van der Waals surface area contributed by atoms with Crippen LogP contribution in [-0.2, 0) is 0 Å². The molecule has 104 valence electrons. The average Bonchev–Trinajstić information content (AvgIpc) is 2.53. The molecular formula is C15H26O3. The second-order valence-corrected chi connectivity index (χ2v) is 7.77. The lowest BCUT2D eigenvalue weighted by Gasteiger charge is -2.46. The van der Waals surface area contributed by atoms with Crippen LogP contribution in [0.15, 0.2) is 0 Å². The third-order valence-electron chi connectivity index (χ3n) is 7.08. The number of aliphatic hydroxyl groups is 3. The van der Waals surface area contributed by atoms with E-state index in [2.05, 4.69) is 20.8 Å². The van der Waals surface area contributed by atoms with Gasteiger partial charge >= 0.3 is 0 Å². The number of hydrogen-bond donors (Lipinski definition) is 3. The zero-order chi connectivity index (χ0) is 13.3. The minimum Gasteiger partial charge on any atom is -0.396 e. The molecule has 0 spiro atoms. The standard InChI is InChI=1S/C15H26O3/c1-13(8-16)5-4-6-14(2)10-9(17)7-15(14,3)12(18)11(10)13/h9-12,16-18H,4-8H2,1-3H3/t9-,10+,11+,12-,13-,14+,15+/m1/s1. The van der Waals surface area contributed by atoms with Crippen molar-refractivity contribution in [1.29, 1.82) is 0 Å². The summed E-state index contributed by atoms with van der Waals surface area (Å²) in [5.41, 5.74) is -0.386. The predicted molar refractivity (Wildman–Crippen MR) is 68.9 cm³/mol. The van der Waals surface area contributed by atoms with E-state index in [1.807, 2.05) is 0 Å². The van der Waals surface area contributed by atoms with E-state index in [4.69, 9.17) is 0 Å². The van der Waals surface area contributed by atoms with E-state index in [9.17, 15) is 15.3 Å². The van der Waals surface area contributed by atoms with Gasteiger partial charge in [-0.2, -0.15) is 0 Å². The van der Waals surface area contributed by atoms with Crippen LogP contribution in [0.3, 0.4) is 0 Å². The van der Waals surface area contributed by atoms with E-state index in [1.165, 1.54) is 0 Å². The van der Waals surface area contributed by atoms with E-state index in [1.54, 1.807) is 0 Å². The third kappa shape index (κ3) is 1.17. The molecule has 0 aromatic carbocycles. The van der Waals surface area contributed by atoms with E-state index in [0.29, 0.717) is 6.42 Å². The maximum absolute atomic E-state index is 10.8. The largest absolute Gasteiger partial charge is 0.396 e. The first-order chi connectivity index (χ1) is 8.30. The summed E-state index contributed by atoms with van der Waals surface area (Å²) in [6, 6.07) is 0. The fourth-order valence-electron chi connectivity index (χ4n) is 5.76. The first-order valence-corrected chi connectivity index (χ1v) is 7.27. The van der Waals surface area contributed by atoms with Crippen molar-refractivity contribution >= 4 is 0 Å². The van der Waals surface area contributed by atoms with Crippen LogP contribution >= 0.6 is 0 Å². The summed E-state index contributed by atoms with van der Waals surface area (Å²) in [7, 11) is 0. The Bertz CT molecular complexity index is 371. The predicted octanol–water partition coefficient (Wildman–Crippen LogP) is 1.55. The maximum atomic E-state index is 10.8. The van der Waals surface area contributed by atoms with E-state index in [-0.39, 0.29) is 46.9 Å². The van der Waals surface area contributed by atoms with Gasteiger partial charge in [-0.1, -0.05) is 27.2 Å². The highest BCUT2D eigenvalue weighted by molar-refractivity contribution is 5.22. The van der Waals surface area contributed by atoms with Gasteiger partial charge < -0.3 is 15.3 Å². The van der Waals surface area contributed by atoms with Gasteiger partial charge in [0, 0.05) is 12.0 Å². The Labute approximate surface area is 109 Å². The van der Waals surface area contributed by atoms with Crippen LogP contribution in [0.4, 0.5) is 0 Å². The third-order valence-corrected chi connectivity index (χ3v) is 7.08. The molecule has 18 heavy (non-hydrogen) atoms. The summed E-state index contributed by atoms with van der Waals surface area (Å²) >= 11 is 0. The number of aliphatic hydroxyl groups excluding tert-OH is 3. The van der Waals surface area contributed by atoms with Gasteiger partial charge in [-0.05, 0) is 41.9 Å². The van der Waals surface area contributed by atoms with Gasteiger partial charge in [-0.15, -0.1) is 0 Å².